The van der Waals surface area contributed by atoms with Crippen molar-refractivity contribution >= 4 is 23.2 Å². The van der Waals surface area contributed by atoms with Crippen molar-refractivity contribution in [3.05, 3.63) is 54.1 Å². The molecule has 1 N–H and O–H groups in total. The summed E-state index contributed by atoms with van der Waals surface area (Å²) in [4.78, 5) is 27.2. The third-order valence-electron chi connectivity index (χ3n) is 4.98. The fourth-order valence-corrected chi connectivity index (χ4v) is 3.40. The molecule has 0 bridgehead atoms. The molecule has 0 unspecified atom stereocenters. The third-order valence-corrected chi connectivity index (χ3v) is 4.98. The average molecular weight is 395 g/mol. The number of hydrogen-bond acceptors (Lipinski definition) is 3. The van der Waals surface area contributed by atoms with Crippen molar-refractivity contribution in [2.75, 3.05) is 23.4 Å². The molecule has 0 atom stereocenters. The van der Waals surface area contributed by atoms with Crippen molar-refractivity contribution < 1.29 is 14.3 Å². The van der Waals surface area contributed by atoms with E-state index in [1.54, 1.807) is 0 Å². The molecule has 2 aromatic carbocycles. The van der Waals surface area contributed by atoms with E-state index in [2.05, 4.69) is 19.2 Å². The standard InChI is InChI=1S/C24H30N2O3/c1-17(2)15-26-20-12-11-19(14-21(20)29-16-24(3,4)23(26)28)25-22(27)13-10-18-8-6-5-7-9-18/h5-9,11-12,14,17H,10,13,15-16H2,1-4H3,(H,25,27). The molecular weight excluding hydrogens is 364 g/mol. The normalized spacial score (nSPS) is 15.5. The Morgan fingerprint density at radius 2 is 1.90 bits per heavy atom. The van der Waals surface area contributed by atoms with E-state index >= 15 is 0 Å². The monoisotopic (exact) mass is 394 g/mol. The van der Waals surface area contributed by atoms with E-state index in [-0.39, 0.29) is 11.8 Å². The maximum Gasteiger partial charge on any atom is 0.236 e. The van der Waals surface area contributed by atoms with Crippen molar-refractivity contribution in [2.24, 2.45) is 11.3 Å². The number of amides is 2. The van der Waals surface area contributed by atoms with E-state index in [0.29, 0.717) is 43.3 Å². The first kappa shape index (κ1) is 20.9. The molecule has 5 heteroatoms. The molecule has 29 heavy (non-hydrogen) atoms. The molecule has 0 spiro atoms. The summed E-state index contributed by atoms with van der Waals surface area (Å²) in [6.07, 6.45) is 1.10. The molecule has 0 radical (unpaired) electrons. The lowest BCUT2D eigenvalue weighted by Crippen LogP contribution is -2.43. The minimum Gasteiger partial charge on any atom is -0.490 e. The van der Waals surface area contributed by atoms with Crippen LogP contribution in [0, 0.1) is 11.3 Å². The van der Waals surface area contributed by atoms with Crippen LogP contribution in [0.5, 0.6) is 5.75 Å². The van der Waals surface area contributed by atoms with Gasteiger partial charge < -0.3 is 15.0 Å². The van der Waals surface area contributed by atoms with Crippen molar-refractivity contribution in [3.63, 3.8) is 0 Å². The van der Waals surface area contributed by atoms with Gasteiger partial charge in [0.1, 0.15) is 12.4 Å². The van der Waals surface area contributed by atoms with Gasteiger partial charge >= 0.3 is 0 Å². The second-order valence-electron chi connectivity index (χ2n) is 8.70. The molecule has 5 nitrogen and oxygen atoms in total. The van der Waals surface area contributed by atoms with Gasteiger partial charge in [-0.15, -0.1) is 0 Å². The van der Waals surface area contributed by atoms with Gasteiger partial charge in [0, 0.05) is 24.7 Å². The number of ether oxygens (including phenoxy) is 1. The van der Waals surface area contributed by atoms with Gasteiger partial charge in [0.2, 0.25) is 11.8 Å². The first-order valence-corrected chi connectivity index (χ1v) is 10.2. The van der Waals surface area contributed by atoms with Crippen LogP contribution in [0.25, 0.3) is 0 Å². The van der Waals surface area contributed by atoms with Gasteiger partial charge in [-0.25, -0.2) is 0 Å². The lowest BCUT2D eigenvalue weighted by atomic mass is 9.92. The number of hydrogen-bond donors (Lipinski definition) is 1. The molecular formula is C24H30N2O3. The number of fused-ring (bicyclic) bond motifs is 1. The molecule has 1 aliphatic heterocycles. The molecule has 0 fully saturated rings. The van der Waals surface area contributed by atoms with Crippen LogP contribution in [-0.2, 0) is 16.0 Å². The number of nitrogens with zero attached hydrogens (tertiary/aromatic N) is 1. The van der Waals surface area contributed by atoms with E-state index in [0.717, 1.165) is 11.3 Å². The van der Waals surface area contributed by atoms with Gasteiger partial charge in [-0.2, -0.15) is 0 Å². The summed E-state index contributed by atoms with van der Waals surface area (Å²) in [7, 11) is 0. The summed E-state index contributed by atoms with van der Waals surface area (Å²) in [5.41, 5.74) is 1.97. The molecule has 1 heterocycles. The first-order chi connectivity index (χ1) is 13.8. The minimum absolute atomic E-state index is 0.0436. The molecule has 0 aliphatic carbocycles. The predicted octanol–water partition coefficient (Wildman–Crippen LogP) is 4.67. The summed E-state index contributed by atoms with van der Waals surface area (Å²) in [6, 6.07) is 15.5. The van der Waals surface area contributed by atoms with Gasteiger partial charge in [0.25, 0.3) is 0 Å². The highest BCUT2D eigenvalue weighted by molar-refractivity contribution is 6.00. The molecule has 0 saturated carbocycles. The maximum absolute atomic E-state index is 13.0. The largest absolute Gasteiger partial charge is 0.490 e. The summed E-state index contributed by atoms with van der Waals surface area (Å²) in [5, 5.41) is 2.95. The average Bonchev–Trinajstić information content (AvgIpc) is 2.77. The number of carbonyl (C=O) groups is 2. The Balaban J connectivity index is 1.75. The molecule has 3 rings (SSSR count). The fourth-order valence-electron chi connectivity index (χ4n) is 3.40. The van der Waals surface area contributed by atoms with Crippen LogP contribution in [0.4, 0.5) is 11.4 Å². The van der Waals surface area contributed by atoms with Crippen LogP contribution >= 0.6 is 0 Å². The Labute approximate surface area is 173 Å². The highest BCUT2D eigenvalue weighted by Crippen LogP contribution is 2.38. The van der Waals surface area contributed by atoms with E-state index < -0.39 is 5.41 Å². The van der Waals surface area contributed by atoms with E-state index in [1.165, 1.54) is 0 Å². The summed E-state index contributed by atoms with van der Waals surface area (Å²) in [5.74, 6) is 0.978. The zero-order valence-corrected chi connectivity index (χ0v) is 17.7. The van der Waals surface area contributed by atoms with Gasteiger partial charge in [-0.3, -0.25) is 9.59 Å². The maximum atomic E-state index is 13.0. The summed E-state index contributed by atoms with van der Waals surface area (Å²) in [6.45, 7) is 8.92. The van der Waals surface area contributed by atoms with Crippen molar-refractivity contribution in [1.29, 1.82) is 0 Å². The summed E-state index contributed by atoms with van der Waals surface area (Å²) < 4.78 is 5.98. The van der Waals surface area contributed by atoms with Crippen molar-refractivity contribution in [2.45, 2.75) is 40.5 Å². The van der Waals surface area contributed by atoms with E-state index in [9.17, 15) is 9.59 Å². The van der Waals surface area contributed by atoms with Gasteiger partial charge in [-0.05, 0) is 43.9 Å². The minimum atomic E-state index is -0.604. The van der Waals surface area contributed by atoms with Crippen LogP contribution in [0.3, 0.4) is 0 Å². The highest BCUT2D eigenvalue weighted by atomic mass is 16.5. The smallest absolute Gasteiger partial charge is 0.236 e. The fraction of sp³-hybridized carbons (Fsp3) is 0.417. The Morgan fingerprint density at radius 3 is 2.59 bits per heavy atom. The zero-order valence-electron chi connectivity index (χ0n) is 17.7. The van der Waals surface area contributed by atoms with Crippen LogP contribution in [0.2, 0.25) is 0 Å². The van der Waals surface area contributed by atoms with Gasteiger partial charge in [0.15, 0.2) is 0 Å². The van der Waals surface area contributed by atoms with Crippen LogP contribution in [-0.4, -0.2) is 25.0 Å². The third kappa shape index (κ3) is 5.17. The molecule has 1 aliphatic rings. The number of carbonyl (C=O) groups excluding carboxylic acids is 2. The Morgan fingerprint density at radius 1 is 1.17 bits per heavy atom. The Kier molecular flexibility index (Phi) is 6.26. The van der Waals surface area contributed by atoms with Crippen molar-refractivity contribution in [1.82, 2.24) is 0 Å². The zero-order chi connectivity index (χ0) is 21.0. The summed E-state index contributed by atoms with van der Waals surface area (Å²) >= 11 is 0. The Bertz CT molecular complexity index is 875. The number of benzene rings is 2. The Hall–Kier alpha value is -2.82. The molecule has 2 aromatic rings. The number of anilines is 2. The number of rotatable bonds is 6. The molecule has 0 aromatic heterocycles. The highest BCUT2D eigenvalue weighted by Gasteiger charge is 2.38. The van der Waals surface area contributed by atoms with Gasteiger partial charge in [0.05, 0.1) is 11.1 Å². The lowest BCUT2D eigenvalue weighted by Gasteiger charge is -2.29. The quantitative estimate of drug-likeness (QED) is 0.775. The van der Waals surface area contributed by atoms with Crippen molar-refractivity contribution in [3.8, 4) is 5.75 Å². The van der Waals surface area contributed by atoms with E-state index in [1.807, 2.05) is 67.3 Å². The first-order valence-electron chi connectivity index (χ1n) is 10.2. The van der Waals surface area contributed by atoms with E-state index in [4.69, 9.17) is 4.74 Å². The predicted molar refractivity (Wildman–Crippen MR) is 116 cm³/mol. The number of nitrogens with one attached hydrogen (secondary N) is 1. The molecule has 0 saturated heterocycles. The number of aryl methyl sites for hydroxylation is 1. The van der Waals surface area contributed by atoms with Crippen LogP contribution < -0.4 is 15.0 Å². The molecule has 2 amide bonds. The SMILES string of the molecule is CC(C)CN1C(=O)C(C)(C)COc2cc(NC(=O)CCc3ccccc3)ccc21. The van der Waals surface area contributed by atoms with Crippen LogP contribution in [0.1, 0.15) is 39.7 Å². The second-order valence-corrected chi connectivity index (χ2v) is 8.70. The molecule has 154 valence electrons. The van der Waals surface area contributed by atoms with Gasteiger partial charge in [-0.1, -0.05) is 44.2 Å². The topological polar surface area (TPSA) is 58.6 Å². The lowest BCUT2D eigenvalue weighted by molar-refractivity contribution is -0.127. The second kappa shape index (κ2) is 8.68. The van der Waals surface area contributed by atoms with Crippen LogP contribution in [0.15, 0.2) is 48.5 Å².